The lowest BCUT2D eigenvalue weighted by Gasteiger charge is -2.40. The van der Waals surface area contributed by atoms with Gasteiger partial charge in [0.25, 0.3) is 0 Å². The fourth-order valence-electron chi connectivity index (χ4n) is 4.30. The minimum atomic E-state index is -0.728. The Kier molecular flexibility index (Phi) is 6.05. The molecule has 165 valence electrons. The van der Waals surface area contributed by atoms with Crippen molar-refractivity contribution in [2.24, 2.45) is 0 Å². The Labute approximate surface area is 185 Å². The highest BCUT2D eigenvalue weighted by Gasteiger charge is 2.44. The van der Waals surface area contributed by atoms with Gasteiger partial charge in [0, 0.05) is 12.1 Å². The Morgan fingerprint density at radius 1 is 1.09 bits per heavy atom. The van der Waals surface area contributed by atoms with Crippen molar-refractivity contribution in [1.82, 2.24) is 15.5 Å². The molecule has 2 aromatic carbocycles. The molecule has 0 aliphatic carbocycles. The summed E-state index contributed by atoms with van der Waals surface area (Å²) in [6.07, 6.45) is 1.08. The van der Waals surface area contributed by atoms with Gasteiger partial charge in [0.1, 0.15) is 11.5 Å². The number of nitrogens with one attached hydrogen (secondary N) is 1. The number of ether oxygens (including phenoxy) is 1. The van der Waals surface area contributed by atoms with E-state index in [0.29, 0.717) is 31.6 Å². The molecule has 0 unspecified atom stereocenters. The molecular formula is C24H23FN3O4. The lowest BCUT2D eigenvalue weighted by Crippen LogP contribution is -2.48. The molecule has 32 heavy (non-hydrogen) atoms. The van der Waals surface area contributed by atoms with Gasteiger partial charge in [0.05, 0.1) is 18.2 Å². The Balaban J connectivity index is 1.51. The minimum Gasteiger partial charge on any atom is -0.468 e. The van der Waals surface area contributed by atoms with Gasteiger partial charge in [-0.15, -0.1) is 0 Å². The summed E-state index contributed by atoms with van der Waals surface area (Å²) in [4.78, 5) is 39.5. The van der Waals surface area contributed by atoms with Crippen LogP contribution in [-0.4, -0.2) is 49.4 Å². The molecule has 0 atom stereocenters. The molecule has 2 aliphatic heterocycles. The van der Waals surface area contributed by atoms with E-state index < -0.39 is 23.0 Å². The molecule has 1 fully saturated rings. The Hall–Kier alpha value is -3.52. The summed E-state index contributed by atoms with van der Waals surface area (Å²) in [6.45, 7) is 1.41. The van der Waals surface area contributed by atoms with Crippen LogP contribution in [0.5, 0.6) is 0 Å². The first kappa shape index (κ1) is 21.7. The number of urea groups is 1. The Morgan fingerprint density at radius 3 is 2.38 bits per heavy atom. The molecule has 4 rings (SSSR count). The van der Waals surface area contributed by atoms with Crippen LogP contribution in [0.1, 0.15) is 28.8 Å². The lowest BCUT2D eigenvalue weighted by atomic mass is 9.72. The first-order chi connectivity index (χ1) is 15.4. The monoisotopic (exact) mass is 436 g/mol. The van der Waals surface area contributed by atoms with Gasteiger partial charge in [-0.2, -0.15) is 5.32 Å². The van der Waals surface area contributed by atoms with Gasteiger partial charge in [-0.3, -0.25) is 14.5 Å². The molecule has 2 amide bonds. The number of esters is 1. The average molecular weight is 436 g/mol. The van der Waals surface area contributed by atoms with Crippen molar-refractivity contribution in [2.75, 3.05) is 26.7 Å². The summed E-state index contributed by atoms with van der Waals surface area (Å²) in [6, 6.07) is 14.1. The maximum absolute atomic E-state index is 13.2. The highest BCUT2D eigenvalue weighted by molar-refractivity contribution is 6.12. The number of nitrogens with zero attached hydrogens (tertiary/aromatic N) is 2. The Morgan fingerprint density at radius 2 is 1.75 bits per heavy atom. The van der Waals surface area contributed by atoms with Crippen molar-refractivity contribution >= 4 is 17.8 Å². The van der Waals surface area contributed by atoms with Gasteiger partial charge in [-0.25, -0.2) is 9.18 Å². The molecule has 2 aliphatic rings. The molecule has 2 heterocycles. The Bertz CT molecular complexity index is 1060. The maximum Gasteiger partial charge on any atom is 0.345 e. The number of methoxy groups -OCH3 is 1. The van der Waals surface area contributed by atoms with E-state index in [4.69, 9.17) is 4.74 Å². The molecular weight excluding hydrogens is 413 g/mol. The second-order valence-corrected chi connectivity index (χ2v) is 7.92. The van der Waals surface area contributed by atoms with Crippen LogP contribution in [0.3, 0.4) is 0 Å². The zero-order chi connectivity index (χ0) is 22.7. The summed E-state index contributed by atoms with van der Waals surface area (Å²) in [7, 11) is 1.40. The predicted molar refractivity (Wildman–Crippen MR) is 114 cm³/mol. The normalized spacial score (nSPS) is 18.1. The fraction of sp³-hybridized carbons (Fsp3) is 0.292. The number of hydrogen-bond donors (Lipinski definition) is 1. The predicted octanol–water partition coefficient (Wildman–Crippen LogP) is 2.75. The van der Waals surface area contributed by atoms with Crippen LogP contribution in [0, 0.1) is 5.82 Å². The van der Waals surface area contributed by atoms with E-state index in [1.807, 2.05) is 30.3 Å². The molecule has 1 radical (unpaired) electrons. The van der Waals surface area contributed by atoms with Crippen LogP contribution in [0.4, 0.5) is 9.18 Å². The molecule has 7 nitrogen and oxygen atoms in total. The van der Waals surface area contributed by atoms with Crippen molar-refractivity contribution in [3.63, 3.8) is 0 Å². The van der Waals surface area contributed by atoms with Gasteiger partial charge >= 0.3 is 12.0 Å². The molecule has 0 spiro atoms. The first-order valence-electron chi connectivity index (χ1n) is 10.4. The number of Topliss-reactive ketones (excluding diaryl/α,β-unsaturated/α-hetero) is 1. The van der Waals surface area contributed by atoms with E-state index in [-0.39, 0.29) is 23.8 Å². The molecule has 0 saturated carbocycles. The number of carbonyl (C=O) groups is 3. The van der Waals surface area contributed by atoms with Crippen LogP contribution >= 0.6 is 0 Å². The van der Waals surface area contributed by atoms with E-state index in [1.54, 1.807) is 0 Å². The number of ketones is 1. The highest BCUT2D eigenvalue weighted by atomic mass is 19.1. The topological polar surface area (TPSA) is 89.8 Å². The van der Waals surface area contributed by atoms with Crippen LogP contribution < -0.4 is 10.6 Å². The number of hydrogen-bond acceptors (Lipinski definition) is 5. The van der Waals surface area contributed by atoms with E-state index >= 15 is 0 Å². The molecule has 1 saturated heterocycles. The fourth-order valence-corrected chi connectivity index (χ4v) is 4.30. The van der Waals surface area contributed by atoms with Gasteiger partial charge in [-0.05, 0) is 55.8 Å². The summed E-state index contributed by atoms with van der Waals surface area (Å²) in [5.41, 5.74) is 0.905. The van der Waals surface area contributed by atoms with Crippen LogP contribution in [0.25, 0.3) is 0 Å². The van der Waals surface area contributed by atoms with E-state index in [1.165, 1.54) is 31.4 Å². The number of benzene rings is 2. The maximum atomic E-state index is 13.2. The summed E-state index contributed by atoms with van der Waals surface area (Å²) in [5, 5.41) is 6.48. The lowest BCUT2D eigenvalue weighted by molar-refractivity contribution is -0.149. The molecule has 8 heteroatoms. The molecule has 0 aromatic heterocycles. The number of rotatable bonds is 6. The third kappa shape index (κ3) is 4.13. The SMILES string of the molecule is COC(=O)C1(c2ccccc2)CCN(CC2=C(C(=O)c3ccc(F)cc3)NC(=O)[N]2)CC1. The van der Waals surface area contributed by atoms with Crippen LogP contribution in [-0.2, 0) is 14.9 Å². The zero-order valence-electron chi connectivity index (χ0n) is 17.6. The first-order valence-corrected chi connectivity index (χ1v) is 10.4. The minimum absolute atomic E-state index is 0.106. The second kappa shape index (κ2) is 8.92. The highest BCUT2D eigenvalue weighted by Crippen LogP contribution is 2.37. The largest absolute Gasteiger partial charge is 0.468 e. The van der Waals surface area contributed by atoms with E-state index in [9.17, 15) is 18.8 Å². The van der Waals surface area contributed by atoms with Crippen molar-refractivity contribution in [1.29, 1.82) is 0 Å². The third-order valence-electron chi connectivity index (χ3n) is 6.08. The van der Waals surface area contributed by atoms with E-state index in [2.05, 4.69) is 15.5 Å². The summed E-state index contributed by atoms with van der Waals surface area (Å²) < 4.78 is 18.3. The van der Waals surface area contributed by atoms with E-state index in [0.717, 1.165) is 5.56 Å². The summed E-state index contributed by atoms with van der Waals surface area (Å²) >= 11 is 0. The van der Waals surface area contributed by atoms with Crippen LogP contribution in [0.2, 0.25) is 0 Å². The number of amides is 2. The van der Waals surface area contributed by atoms with Gasteiger partial charge < -0.3 is 10.1 Å². The van der Waals surface area contributed by atoms with Crippen LogP contribution in [0.15, 0.2) is 66.0 Å². The van der Waals surface area contributed by atoms with Gasteiger partial charge in [0.2, 0.25) is 5.78 Å². The molecule has 1 N–H and O–H groups in total. The number of likely N-dealkylation sites (tertiary alicyclic amines) is 1. The smallest absolute Gasteiger partial charge is 0.345 e. The van der Waals surface area contributed by atoms with Gasteiger partial charge in [0.15, 0.2) is 0 Å². The van der Waals surface area contributed by atoms with Crippen molar-refractivity contribution in [2.45, 2.75) is 18.3 Å². The van der Waals surface area contributed by atoms with Crippen molar-refractivity contribution < 1.29 is 23.5 Å². The third-order valence-corrected chi connectivity index (χ3v) is 6.08. The zero-order valence-corrected chi connectivity index (χ0v) is 17.6. The standard InChI is InChI=1S/C24H23FN3O4/c1-32-22(30)24(17-5-3-2-4-6-17)11-13-28(14-12-24)15-19-20(27-23(31)26-19)21(29)16-7-9-18(25)10-8-16/h2-10H,11-15H2,1H3,(H,27,31). The second-order valence-electron chi connectivity index (χ2n) is 7.92. The quantitative estimate of drug-likeness (QED) is 0.556. The van der Waals surface area contributed by atoms with Gasteiger partial charge in [-0.1, -0.05) is 30.3 Å². The average Bonchev–Trinajstić information content (AvgIpc) is 3.19. The number of carbonyl (C=O) groups excluding carboxylic acids is 3. The van der Waals surface area contributed by atoms with Crippen molar-refractivity contribution in [3.8, 4) is 0 Å². The molecule has 0 bridgehead atoms. The number of allylic oxidation sites excluding steroid dienone is 1. The molecule has 2 aromatic rings. The number of piperidine rings is 1. The van der Waals surface area contributed by atoms with Crippen molar-refractivity contribution in [3.05, 3.63) is 82.9 Å². The summed E-state index contributed by atoms with van der Waals surface area (Å²) in [5.74, 6) is -1.13. The number of halogens is 1.